The van der Waals surface area contributed by atoms with Crippen LogP contribution in [0.3, 0.4) is 0 Å². The molecule has 0 spiro atoms. The fourth-order valence-electron chi connectivity index (χ4n) is 6.31. The molecule has 8 rings (SSSR count). The first-order valence-corrected chi connectivity index (χ1v) is 16.8. The van der Waals surface area contributed by atoms with Crippen LogP contribution in [0.5, 0.6) is 0 Å². The molecule has 2 aromatic heterocycles. The zero-order valence-electron chi connectivity index (χ0n) is 28.9. The summed E-state index contributed by atoms with van der Waals surface area (Å²) >= 11 is 0. The van der Waals surface area contributed by atoms with Crippen molar-refractivity contribution in [1.82, 2.24) is 19.1 Å². The maximum atomic E-state index is 13.5. The van der Waals surface area contributed by atoms with Crippen molar-refractivity contribution in [2.45, 2.75) is 19.3 Å². The summed E-state index contributed by atoms with van der Waals surface area (Å²) < 4.78 is 84.1. The summed E-state index contributed by atoms with van der Waals surface area (Å²) in [6.45, 7) is 1.37. The van der Waals surface area contributed by atoms with Gasteiger partial charge in [0, 0.05) is 40.8 Å². The first-order chi connectivity index (χ1) is 26.3. The fourth-order valence-corrected chi connectivity index (χ4v) is 6.31. The molecule has 0 bridgehead atoms. The van der Waals surface area contributed by atoms with E-state index in [0.29, 0.717) is 44.7 Å². The van der Waals surface area contributed by atoms with E-state index in [1.165, 1.54) is 19.6 Å². The van der Waals surface area contributed by atoms with E-state index in [9.17, 15) is 31.1 Å². The van der Waals surface area contributed by atoms with Gasteiger partial charge >= 0.3 is 12.4 Å². The molecule has 0 saturated heterocycles. The number of nitrogens with two attached hydrogens (primary N) is 1. The van der Waals surface area contributed by atoms with Crippen LogP contribution in [0.4, 0.5) is 37.7 Å². The lowest BCUT2D eigenvalue weighted by Crippen LogP contribution is -2.07. The van der Waals surface area contributed by atoms with Crippen molar-refractivity contribution in [3.63, 3.8) is 0 Å². The number of fused-ring (bicyclic) bond motifs is 2. The second-order valence-corrected chi connectivity index (χ2v) is 12.6. The standard InChI is InChI=1S/C22H16F3N3O.C20H14F3N3/c1-14(29)27-17-7-5-6-15(10-17)19-11-16(22(23,24)25)12-20-21(19)28(13-26-20)18-8-3-2-4-9-18;21-20(22,23)14-10-17(13-5-4-6-15(24)9-13)19-18(11-14)25-12-26(19)16-7-2-1-3-8-16/h2-13H,1H3,(H,27,29);1-12H,24H2. The molecule has 0 fully saturated rings. The van der Waals surface area contributed by atoms with E-state index in [-0.39, 0.29) is 16.9 Å². The van der Waals surface area contributed by atoms with Gasteiger partial charge in [-0.05, 0) is 83.9 Å². The van der Waals surface area contributed by atoms with Gasteiger partial charge in [-0.15, -0.1) is 0 Å². The molecular formula is C42H30F6N6O. The first-order valence-electron chi connectivity index (χ1n) is 16.8. The Morgan fingerprint density at radius 1 is 0.582 bits per heavy atom. The third kappa shape index (κ3) is 7.77. The highest BCUT2D eigenvalue weighted by molar-refractivity contribution is 5.97. The summed E-state index contributed by atoms with van der Waals surface area (Å²) in [6.07, 6.45) is -5.91. The van der Waals surface area contributed by atoms with Gasteiger partial charge in [0.25, 0.3) is 0 Å². The minimum atomic E-state index is -4.51. The van der Waals surface area contributed by atoms with Crippen LogP contribution >= 0.6 is 0 Å². The Balaban J connectivity index is 0.000000170. The Labute approximate surface area is 310 Å². The number of anilines is 2. The summed E-state index contributed by atoms with van der Waals surface area (Å²) in [5.41, 5.74) is 10.6. The third-order valence-corrected chi connectivity index (χ3v) is 8.70. The van der Waals surface area contributed by atoms with E-state index < -0.39 is 23.5 Å². The van der Waals surface area contributed by atoms with Crippen LogP contribution in [0.25, 0.3) is 55.7 Å². The molecule has 276 valence electrons. The van der Waals surface area contributed by atoms with Crippen LogP contribution in [0, 0.1) is 0 Å². The maximum absolute atomic E-state index is 13.5. The van der Waals surface area contributed by atoms with Gasteiger partial charge in [-0.1, -0.05) is 60.7 Å². The van der Waals surface area contributed by atoms with Crippen LogP contribution < -0.4 is 11.1 Å². The molecule has 1 amide bonds. The van der Waals surface area contributed by atoms with Crippen LogP contribution in [-0.2, 0) is 17.1 Å². The van der Waals surface area contributed by atoms with Crippen molar-refractivity contribution in [1.29, 1.82) is 0 Å². The molecule has 0 unspecified atom stereocenters. The average Bonchev–Trinajstić information content (AvgIpc) is 3.79. The SMILES string of the molecule is CC(=O)Nc1cccc(-c2cc(C(F)(F)F)cc3ncn(-c4ccccc4)c23)c1.Nc1cccc(-c2cc(C(F)(F)F)cc3ncn(-c4ccccc4)c23)c1. The number of aromatic nitrogens is 4. The zero-order valence-corrected chi connectivity index (χ0v) is 28.9. The number of rotatable bonds is 5. The molecule has 55 heavy (non-hydrogen) atoms. The molecule has 0 atom stereocenters. The van der Waals surface area contributed by atoms with Crippen molar-refractivity contribution in [3.8, 4) is 33.6 Å². The van der Waals surface area contributed by atoms with Crippen LogP contribution in [0.15, 0.2) is 146 Å². The molecule has 8 aromatic rings. The fraction of sp³-hybridized carbons (Fsp3) is 0.0714. The van der Waals surface area contributed by atoms with Gasteiger partial charge in [0.05, 0.1) is 33.2 Å². The van der Waals surface area contributed by atoms with Crippen molar-refractivity contribution < 1.29 is 31.1 Å². The molecular weight excluding hydrogens is 718 g/mol. The number of carbonyl (C=O) groups excluding carboxylic acids is 1. The number of hydrogen-bond acceptors (Lipinski definition) is 4. The molecule has 0 aliphatic heterocycles. The number of para-hydroxylation sites is 2. The van der Waals surface area contributed by atoms with Crippen molar-refractivity contribution >= 4 is 39.3 Å². The van der Waals surface area contributed by atoms with Crippen LogP contribution in [0.2, 0.25) is 0 Å². The van der Waals surface area contributed by atoms with E-state index in [0.717, 1.165) is 35.6 Å². The normalized spacial score (nSPS) is 11.7. The highest BCUT2D eigenvalue weighted by Gasteiger charge is 2.33. The predicted molar refractivity (Wildman–Crippen MR) is 202 cm³/mol. The lowest BCUT2D eigenvalue weighted by Gasteiger charge is -2.14. The molecule has 13 heteroatoms. The van der Waals surface area contributed by atoms with Crippen molar-refractivity contribution in [2.75, 3.05) is 11.1 Å². The molecule has 3 N–H and O–H groups in total. The number of alkyl halides is 6. The summed E-state index contributed by atoms with van der Waals surface area (Å²) in [5, 5.41) is 2.66. The smallest absolute Gasteiger partial charge is 0.399 e. The molecule has 2 heterocycles. The number of halogens is 6. The summed E-state index contributed by atoms with van der Waals surface area (Å²) in [4.78, 5) is 19.8. The number of amides is 1. The summed E-state index contributed by atoms with van der Waals surface area (Å²) in [7, 11) is 0. The Morgan fingerprint density at radius 3 is 1.47 bits per heavy atom. The largest absolute Gasteiger partial charge is 0.416 e. The number of benzene rings is 6. The van der Waals surface area contributed by atoms with Gasteiger partial charge in [0.15, 0.2) is 0 Å². The molecule has 0 radical (unpaired) electrons. The number of hydrogen-bond donors (Lipinski definition) is 2. The van der Waals surface area contributed by atoms with E-state index >= 15 is 0 Å². The van der Waals surface area contributed by atoms with E-state index in [1.54, 1.807) is 57.7 Å². The Hall–Kier alpha value is -6.89. The topological polar surface area (TPSA) is 90.8 Å². The first kappa shape index (κ1) is 36.5. The molecule has 0 aliphatic carbocycles. The quantitative estimate of drug-likeness (QED) is 0.135. The summed E-state index contributed by atoms with van der Waals surface area (Å²) in [6, 6.07) is 36.6. The zero-order chi connectivity index (χ0) is 38.9. The molecule has 0 saturated carbocycles. The monoisotopic (exact) mass is 748 g/mol. The molecule has 0 aliphatic rings. The van der Waals surface area contributed by atoms with Crippen LogP contribution in [0.1, 0.15) is 18.1 Å². The van der Waals surface area contributed by atoms with Gasteiger partial charge < -0.3 is 11.1 Å². The minimum absolute atomic E-state index is 0.239. The van der Waals surface area contributed by atoms with E-state index in [1.807, 2.05) is 60.7 Å². The van der Waals surface area contributed by atoms with Gasteiger partial charge in [-0.2, -0.15) is 26.3 Å². The van der Waals surface area contributed by atoms with Gasteiger partial charge in [-0.25, -0.2) is 9.97 Å². The number of carbonyl (C=O) groups is 1. The predicted octanol–water partition coefficient (Wildman–Crippen LogP) is 11.0. The number of nitrogens with zero attached hydrogens (tertiary/aromatic N) is 4. The number of nitrogen functional groups attached to an aromatic ring is 1. The Morgan fingerprint density at radius 2 is 1.04 bits per heavy atom. The van der Waals surface area contributed by atoms with Gasteiger partial charge in [0.2, 0.25) is 5.91 Å². The van der Waals surface area contributed by atoms with Gasteiger partial charge in [-0.3, -0.25) is 13.9 Å². The highest BCUT2D eigenvalue weighted by Crippen LogP contribution is 2.40. The second kappa shape index (κ2) is 14.5. The van der Waals surface area contributed by atoms with E-state index in [4.69, 9.17) is 5.73 Å². The third-order valence-electron chi connectivity index (χ3n) is 8.70. The average molecular weight is 749 g/mol. The Bertz CT molecular complexity index is 2650. The Kier molecular flexibility index (Phi) is 9.61. The minimum Gasteiger partial charge on any atom is -0.399 e. The number of imidazole rings is 2. The molecule has 6 aromatic carbocycles. The van der Waals surface area contributed by atoms with Crippen molar-refractivity contribution in [2.24, 2.45) is 0 Å². The van der Waals surface area contributed by atoms with Crippen LogP contribution in [-0.4, -0.2) is 25.0 Å². The van der Waals surface area contributed by atoms with E-state index in [2.05, 4.69) is 15.3 Å². The number of nitrogens with one attached hydrogen (secondary N) is 1. The molecule has 7 nitrogen and oxygen atoms in total. The highest BCUT2D eigenvalue weighted by atomic mass is 19.4. The maximum Gasteiger partial charge on any atom is 0.416 e. The van der Waals surface area contributed by atoms with Gasteiger partial charge in [0.1, 0.15) is 12.7 Å². The lowest BCUT2D eigenvalue weighted by atomic mass is 10.00. The van der Waals surface area contributed by atoms with Crippen molar-refractivity contribution in [3.05, 3.63) is 157 Å². The second-order valence-electron chi connectivity index (χ2n) is 12.6. The summed E-state index contributed by atoms with van der Waals surface area (Å²) in [5.74, 6) is -0.259. The lowest BCUT2D eigenvalue weighted by molar-refractivity contribution is -0.138.